The molecule has 6 heteroatoms. The summed E-state index contributed by atoms with van der Waals surface area (Å²) in [6.45, 7) is 16.5. The minimum atomic E-state index is -0.359. The molecule has 170 valence electrons. The van der Waals surface area contributed by atoms with Gasteiger partial charge >= 0.3 is 17.9 Å². The molecule has 0 aliphatic rings. The number of ether oxygens (including phenoxy) is 3. The summed E-state index contributed by atoms with van der Waals surface area (Å²) in [5, 5.41) is 0. The number of esters is 3. The van der Waals surface area contributed by atoms with Crippen LogP contribution in [0.1, 0.15) is 39.2 Å². The van der Waals surface area contributed by atoms with E-state index in [4.69, 9.17) is 4.74 Å². The standard InChI is InChI=1S/C15H18O2.2C5H8O2/c1-3-4-12-17-15(16)13(2)10-11-14-8-6-5-7-9-14;1-4(2)5(6)7-3;1-3-5(6)7-4-2/h5-11H,2-4,12H2,1H3;1H2,2-3H3;3H,1,4H2,2H3. The maximum absolute atomic E-state index is 11.5. The largest absolute Gasteiger partial charge is 0.466 e. The van der Waals surface area contributed by atoms with E-state index in [1.807, 2.05) is 36.4 Å². The Morgan fingerprint density at radius 2 is 1.61 bits per heavy atom. The van der Waals surface area contributed by atoms with Gasteiger partial charge in [0.05, 0.1) is 25.9 Å². The van der Waals surface area contributed by atoms with Crippen molar-refractivity contribution in [3.63, 3.8) is 0 Å². The van der Waals surface area contributed by atoms with E-state index >= 15 is 0 Å². The summed E-state index contributed by atoms with van der Waals surface area (Å²) in [4.78, 5) is 31.7. The lowest BCUT2D eigenvalue weighted by molar-refractivity contribution is -0.139. The van der Waals surface area contributed by atoms with E-state index in [-0.39, 0.29) is 17.9 Å². The fourth-order valence-corrected chi connectivity index (χ4v) is 1.61. The quantitative estimate of drug-likeness (QED) is 0.179. The number of rotatable bonds is 9. The minimum Gasteiger partial charge on any atom is -0.466 e. The van der Waals surface area contributed by atoms with Gasteiger partial charge in [0.1, 0.15) is 0 Å². The molecule has 0 N–H and O–H groups in total. The number of hydrogen-bond donors (Lipinski definition) is 0. The zero-order valence-electron chi connectivity index (χ0n) is 19.0. The Kier molecular flexibility index (Phi) is 19.1. The van der Waals surface area contributed by atoms with E-state index in [1.165, 1.54) is 7.11 Å². The topological polar surface area (TPSA) is 78.9 Å². The second-order valence-electron chi connectivity index (χ2n) is 5.99. The van der Waals surface area contributed by atoms with E-state index in [0.717, 1.165) is 24.5 Å². The van der Waals surface area contributed by atoms with E-state index in [0.29, 0.717) is 24.4 Å². The van der Waals surface area contributed by atoms with Crippen LogP contribution in [0.4, 0.5) is 0 Å². The maximum atomic E-state index is 11.5. The van der Waals surface area contributed by atoms with Crippen LogP contribution in [0.2, 0.25) is 0 Å². The molecule has 0 bridgehead atoms. The second kappa shape index (κ2) is 19.9. The predicted octanol–water partition coefficient (Wildman–Crippen LogP) is 5.07. The molecule has 1 aromatic carbocycles. The van der Waals surface area contributed by atoms with Gasteiger partial charge in [-0.2, -0.15) is 0 Å². The van der Waals surface area contributed by atoms with Crippen LogP contribution in [0.15, 0.2) is 73.4 Å². The number of methoxy groups -OCH3 is 1. The molecule has 0 saturated heterocycles. The van der Waals surface area contributed by atoms with Crippen LogP contribution in [0.25, 0.3) is 6.08 Å². The Labute approximate surface area is 185 Å². The molecule has 0 amide bonds. The molecule has 0 radical (unpaired) electrons. The Morgan fingerprint density at radius 1 is 1.00 bits per heavy atom. The summed E-state index contributed by atoms with van der Waals surface area (Å²) in [6.07, 6.45) is 6.58. The lowest BCUT2D eigenvalue weighted by atomic mass is 10.2. The van der Waals surface area contributed by atoms with Crippen molar-refractivity contribution < 1.29 is 28.6 Å². The monoisotopic (exact) mass is 430 g/mol. The molecule has 0 heterocycles. The second-order valence-corrected chi connectivity index (χ2v) is 5.99. The molecular weight excluding hydrogens is 396 g/mol. The number of carbonyl (C=O) groups excluding carboxylic acids is 3. The average molecular weight is 431 g/mol. The van der Waals surface area contributed by atoms with Crippen LogP contribution in [0.5, 0.6) is 0 Å². The Balaban J connectivity index is 0. The Morgan fingerprint density at radius 3 is 2.00 bits per heavy atom. The molecule has 31 heavy (non-hydrogen) atoms. The molecule has 0 atom stereocenters. The Hall–Kier alpha value is -3.41. The van der Waals surface area contributed by atoms with Gasteiger partial charge in [-0.1, -0.05) is 69.5 Å². The van der Waals surface area contributed by atoms with Crippen LogP contribution >= 0.6 is 0 Å². The summed E-state index contributed by atoms with van der Waals surface area (Å²) < 4.78 is 13.8. The number of benzene rings is 1. The fourth-order valence-electron chi connectivity index (χ4n) is 1.61. The molecule has 0 aliphatic carbocycles. The normalized spacial score (nSPS) is 9.16. The van der Waals surface area contributed by atoms with Crippen molar-refractivity contribution in [3.8, 4) is 0 Å². The van der Waals surface area contributed by atoms with Crippen molar-refractivity contribution in [2.75, 3.05) is 20.3 Å². The molecule has 1 aromatic rings. The summed E-state index contributed by atoms with van der Waals surface area (Å²) in [5.74, 6) is -1.05. The van der Waals surface area contributed by atoms with Crippen LogP contribution in [0, 0.1) is 0 Å². The highest BCUT2D eigenvalue weighted by molar-refractivity contribution is 5.92. The molecule has 0 saturated carbocycles. The maximum Gasteiger partial charge on any atom is 0.337 e. The molecular formula is C25H34O6. The van der Waals surface area contributed by atoms with Crippen LogP contribution < -0.4 is 0 Å². The first-order valence-corrected chi connectivity index (χ1v) is 9.85. The van der Waals surface area contributed by atoms with Crippen molar-refractivity contribution in [1.29, 1.82) is 0 Å². The lowest BCUT2D eigenvalue weighted by Gasteiger charge is -2.02. The van der Waals surface area contributed by atoms with Crippen molar-refractivity contribution in [2.45, 2.75) is 33.6 Å². The highest BCUT2D eigenvalue weighted by atomic mass is 16.5. The van der Waals surface area contributed by atoms with Gasteiger partial charge in [-0.05, 0) is 31.9 Å². The Bertz CT molecular complexity index is 730. The molecule has 0 spiro atoms. The summed E-state index contributed by atoms with van der Waals surface area (Å²) >= 11 is 0. The van der Waals surface area contributed by atoms with E-state index in [2.05, 4.69) is 36.1 Å². The summed E-state index contributed by atoms with van der Waals surface area (Å²) in [7, 11) is 1.33. The molecule has 6 nitrogen and oxygen atoms in total. The SMILES string of the molecule is C=C(C)C(=O)OC.C=C(C=Cc1ccccc1)C(=O)OCCCC.C=CC(=O)OCC. The third-order valence-electron chi connectivity index (χ3n) is 3.26. The van der Waals surface area contributed by atoms with E-state index < -0.39 is 0 Å². The zero-order chi connectivity index (χ0) is 24.1. The smallest absolute Gasteiger partial charge is 0.337 e. The van der Waals surface area contributed by atoms with Crippen LogP contribution in [-0.2, 0) is 28.6 Å². The van der Waals surface area contributed by atoms with Gasteiger partial charge in [0.25, 0.3) is 0 Å². The van der Waals surface area contributed by atoms with Gasteiger partial charge < -0.3 is 14.2 Å². The average Bonchev–Trinajstić information content (AvgIpc) is 2.78. The van der Waals surface area contributed by atoms with Crippen LogP contribution in [0.3, 0.4) is 0 Å². The van der Waals surface area contributed by atoms with Gasteiger partial charge in [-0.25, -0.2) is 14.4 Å². The van der Waals surface area contributed by atoms with Crippen molar-refractivity contribution >= 4 is 24.0 Å². The first kappa shape index (κ1) is 29.8. The molecule has 1 rings (SSSR count). The fraction of sp³-hybridized carbons (Fsp3) is 0.320. The third kappa shape index (κ3) is 18.4. The van der Waals surface area contributed by atoms with Gasteiger partial charge in [-0.3, -0.25) is 0 Å². The highest BCUT2D eigenvalue weighted by Crippen LogP contribution is 2.05. The third-order valence-corrected chi connectivity index (χ3v) is 3.26. The number of unbranched alkanes of at least 4 members (excludes halogenated alkanes) is 1. The molecule has 0 aliphatic heterocycles. The molecule has 0 fully saturated rings. The van der Waals surface area contributed by atoms with Gasteiger partial charge in [0.15, 0.2) is 0 Å². The van der Waals surface area contributed by atoms with Gasteiger partial charge in [0.2, 0.25) is 0 Å². The molecule has 0 unspecified atom stereocenters. The number of carbonyl (C=O) groups is 3. The van der Waals surface area contributed by atoms with Gasteiger partial charge in [-0.15, -0.1) is 0 Å². The predicted molar refractivity (Wildman–Crippen MR) is 124 cm³/mol. The summed E-state index contributed by atoms with van der Waals surface area (Å²) in [5.41, 5.74) is 1.85. The van der Waals surface area contributed by atoms with E-state index in [9.17, 15) is 14.4 Å². The van der Waals surface area contributed by atoms with Gasteiger partial charge in [0, 0.05) is 11.6 Å². The van der Waals surface area contributed by atoms with Crippen molar-refractivity contribution in [2.24, 2.45) is 0 Å². The van der Waals surface area contributed by atoms with E-state index in [1.54, 1.807) is 19.9 Å². The minimum absolute atomic E-state index is 0.342. The van der Waals surface area contributed by atoms with Crippen molar-refractivity contribution in [1.82, 2.24) is 0 Å². The first-order valence-electron chi connectivity index (χ1n) is 9.85. The van der Waals surface area contributed by atoms with Crippen molar-refractivity contribution in [3.05, 3.63) is 78.9 Å². The zero-order valence-corrected chi connectivity index (χ0v) is 19.0. The summed E-state index contributed by atoms with van der Waals surface area (Å²) in [6, 6.07) is 9.77. The molecule has 0 aromatic heterocycles. The number of hydrogen-bond acceptors (Lipinski definition) is 6. The highest BCUT2D eigenvalue weighted by Gasteiger charge is 2.04. The lowest BCUT2D eigenvalue weighted by Crippen LogP contribution is -2.06. The van der Waals surface area contributed by atoms with Crippen LogP contribution in [-0.4, -0.2) is 38.2 Å². The first-order chi connectivity index (χ1) is 14.7.